The van der Waals surface area contributed by atoms with Crippen LogP contribution < -0.4 is 5.73 Å². The van der Waals surface area contributed by atoms with Gasteiger partial charge in [-0.25, -0.2) is 0 Å². The molecule has 0 fully saturated rings. The molecule has 0 aliphatic carbocycles. The SMILES string of the molecule is CCc1ccc(C(N)c2cccc(C)c2Br)o1. The molecule has 3 heteroatoms. The van der Waals surface area contributed by atoms with Crippen LogP contribution in [0.15, 0.2) is 39.2 Å². The smallest absolute Gasteiger partial charge is 0.125 e. The van der Waals surface area contributed by atoms with Gasteiger partial charge in [0.2, 0.25) is 0 Å². The summed E-state index contributed by atoms with van der Waals surface area (Å²) in [5.74, 6) is 1.78. The molecule has 2 aromatic rings. The van der Waals surface area contributed by atoms with Crippen LogP contribution in [0, 0.1) is 6.92 Å². The Balaban J connectivity index is 2.36. The van der Waals surface area contributed by atoms with Gasteiger partial charge in [-0.15, -0.1) is 0 Å². The number of hydrogen-bond donors (Lipinski definition) is 1. The molecule has 0 bridgehead atoms. The Hall–Kier alpha value is -1.06. The molecule has 1 heterocycles. The Morgan fingerprint density at radius 1 is 1.29 bits per heavy atom. The minimum atomic E-state index is -0.218. The number of halogens is 1. The van der Waals surface area contributed by atoms with E-state index >= 15 is 0 Å². The van der Waals surface area contributed by atoms with Gasteiger partial charge in [0.25, 0.3) is 0 Å². The van der Waals surface area contributed by atoms with Gasteiger partial charge in [-0.2, -0.15) is 0 Å². The lowest BCUT2D eigenvalue weighted by molar-refractivity contribution is 0.453. The van der Waals surface area contributed by atoms with E-state index in [1.165, 1.54) is 5.56 Å². The molecule has 1 atom stereocenters. The van der Waals surface area contributed by atoms with E-state index in [1.54, 1.807) is 0 Å². The third kappa shape index (κ3) is 2.45. The Morgan fingerprint density at radius 3 is 2.71 bits per heavy atom. The maximum atomic E-state index is 6.23. The van der Waals surface area contributed by atoms with Crippen molar-refractivity contribution in [2.75, 3.05) is 0 Å². The summed E-state index contributed by atoms with van der Waals surface area (Å²) in [7, 11) is 0. The molecule has 90 valence electrons. The third-order valence-corrected chi connectivity index (χ3v) is 3.98. The van der Waals surface area contributed by atoms with Crippen LogP contribution in [-0.4, -0.2) is 0 Å². The van der Waals surface area contributed by atoms with Crippen molar-refractivity contribution in [3.63, 3.8) is 0 Å². The highest BCUT2D eigenvalue weighted by atomic mass is 79.9. The van der Waals surface area contributed by atoms with Crippen LogP contribution in [0.1, 0.15) is 35.6 Å². The van der Waals surface area contributed by atoms with Gasteiger partial charge in [0.05, 0.1) is 6.04 Å². The number of furan rings is 1. The van der Waals surface area contributed by atoms with Crippen LogP contribution in [0.25, 0.3) is 0 Å². The van der Waals surface area contributed by atoms with Crippen molar-refractivity contribution >= 4 is 15.9 Å². The number of benzene rings is 1. The zero-order valence-corrected chi connectivity index (χ0v) is 11.6. The zero-order chi connectivity index (χ0) is 12.4. The quantitative estimate of drug-likeness (QED) is 0.930. The fourth-order valence-corrected chi connectivity index (χ4v) is 2.33. The van der Waals surface area contributed by atoms with Crippen molar-refractivity contribution < 1.29 is 4.42 Å². The molecule has 1 aromatic carbocycles. The first-order valence-electron chi connectivity index (χ1n) is 5.72. The predicted octanol–water partition coefficient (Wildman–Crippen LogP) is 3.96. The molecule has 0 saturated carbocycles. The van der Waals surface area contributed by atoms with E-state index in [4.69, 9.17) is 10.2 Å². The Kier molecular flexibility index (Phi) is 3.69. The molecule has 2 N–H and O–H groups in total. The summed E-state index contributed by atoms with van der Waals surface area (Å²) in [6.45, 7) is 4.12. The molecule has 0 aliphatic rings. The zero-order valence-electron chi connectivity index (χ0n) is 10.0. The summed E-state index contributed by atoms with van der Waals surface area (Å²) in [5, 5.41) is 0. The summed E-state index contributed by atoms with van der Waals surface area (Å²) < 4.78 is 6.76. The Bertz CT molecular complexity index is 519. The fraction of sp³-hybridized carbons (Fsp3) is 0.286. The average molecular weight is 294 g/mol. The first-order chi connectivity index (χ1) is 8.13. The van der Waals surface area contributed by atoms with Crippen molar-refractivity contribution in [1.29, 1.82) is 0 Å². The molecule has 0 spiro atoms. The van der Waals surface area contributed by atoms with Gasteiger partial charge in [0.1, 0.15) is 11.5 Å². The number of aryl methyl sites for hydroxylation is 2. The van der Waals surface area contributed by atoms with Gasteiger partial charge in [-0.05, 0) is 30.2 Å². The molecule has 0 saturated heterocycles. The molecule has 1 unspecified atom stereocenters. The van der Waals surface area contributed by atoms with E-state index in [2.05, 4.69) is 35.8 Å². The number of hydrogen-bond acceptors (Lipinski definition) is 2. The van der Waals surface area contributed by atoms with Gasteiger partial charge in [-0.3, -0.25) is 0 Å². The molecule has 0 amide bonds. The maximum absolute atomic E-state index is 6.23. The summed E-state index contributed by atoms with van der Waals surface area (Å²) >= 11 is 3.58. The third-order valence-electron chi connectivity index (χ3n) is 2.89. The summed E-state index contributed by atoms with van der Waals surface area (Å²) in [6.07, 6.45) is 0.891. The van der Waals surface area contributed by atoms with Gasteiger partial charge in [0.15, 0.2) is 0 Å². The van der Waals surface area contributed by atoms with E-state index in [-0.39, 0.29) is 6.04 Å². The molecular formula is C14H16BrNO. The van der Waals surface area contributed by atoms with Crippen molar-refractivity contribution in [1.82, 2.24) is 0 Å². The highest BCUT2D eigenvalue weighted by Crippen LogP contribution is 2.30. The number of rotatable bonds is 3. The summed E-state index contributed by atoms with van der Waals surface area (Å²) in [4.78, 5) is 0. The first-order valence-corrected chi connectivity index (χ1v) is 6.52. The van der Waals surface area contributed by atoms with E-state index in [1.807, 2.05) is 24.3 Å². The fourth-order valence-electron chi connectivity index (χ4n) is 1.82. The van der Waals surface area contributed by atoms with Crippen molar-refractivity contribution in [2.45, 2.75) is 26.3 Å². The van der Waals surface area contributed by atoms with E-state index in [9.17, 15) is 0 Å². The first kappa shape index (κ1) is 12.4. The Labute approximate surface area is 110 Å². The standard InChI is InChI=1S/C14H16BrNO/c1-3-10-7-8-12(17-10)14(16)11-6-4-5-9(2)13(11)15/h4-8,14H,3,16H2,1-2H3. The molecular weight excluding hydrogens is 278 g/mol. The molecule has 2 nitrogen and oxygen atoms in total. The van der Waals surface area contributed by atoms with E-state index in [0.717, 1.165) is 28.0 Å². The second-order valence-electron chi connectivity index (χ2n) is 4.11. The molecule has 1 aromatic heterocycles. The summed E-state index contributed by atoms with van der Waals surface area (Å²) in [6, 6.07) is 9.82. The lowest BCUT2D eigenvalue weighted by atomic mass is 10.0. The van der Waals surface area contributed by atoms with E-state index in [0.29, 0.717) is 0 Å². The van der Waals surface area contributed by atoms with Gasteiger partial charge in [0, 0.05) is 10.9 Å². The van der Waals surface area contributed by atoms with Crippen LogP contribution in [0.3, 0.4) is 0 Å². The van der Waals surface area contributed by atoms with Gasteiger partial charge >= 0.3 is 0 Å². The van der Waals surface area contributed by atoms with Crippen LogP contribution in [0.2, 0.25) is 0 Å². The van der Waals surface area contributed by atoms with Gasteiger partial charge in [-0.1, -0.05) is 41.1 Å². The molecule has 0 aliphatic heterocycles. The van der Waals surface area contributed by atoms with Crippen molar-refractivity contribution in [2.24, 2.45) is 5.73 Å². The van der Waals surface area contributed by atoms with Crippen molar-refractivity contribution in [3.05, 3.63) is 57.5 Å². The average Bonchev–Trinajstić information content (AvgIpc) is 2.80. The van der Waals surface area contributed by atoms with Crippen LogP contribution in [0.4, 0.5) is 0 Å². The topological polar surface area (TPSA) is 39.2 Å². The normalized spacial score (nSPS) is 12.7. The molecule has 2 rings (SSSR count). The van der Waals surface area contributed by atoms with Crippen LogP contribution in [-0.2, 0) is 6.42 Å². The highest BCUT2D eigenvalue weighted by Gasteiger charge is 2.16. The highest BCUT2D eigenvalue weighted by molar-refractivity contribution is 9.10. The second kappa shape index (κ2) is 5.07. The minimum Gasteiger partial charge on any atom is -0.464 e. The Morgan fingerprint density at radius 2 is 2.06 bits per heavy atom. The lowest BCUT2D eigenvalue weighted by Crippen LogP contribution is -2.12. The monoisotopic (exact) mass is 293 g/mol. The van der Waals surface area contributed by atoms with E-state index < -0.39 is 0 Å². The molecule has 0 radical (unpaired) electrons. The minimum absolute atomic E-state index is 0.218. The molecule has 17 heavy (non-hydrogen) atoms. The van der Waals surface area contributed by atoms with Crippen molar-refractivity contribution in [3.8, 4) is 0 Å². The summed E-state index contributed by atoms with van der Waals surface area (Å²) in [5.41, 5.74) is 8.47. The maximum Gasteiger partial charge on any atom is 0.125 e. The van der Waals surface area contributed by atoms with Crippen LogP contribution in [0.5, 0.6) is 0 Å². The van der Waals surface area contributed by atoms with Crippen LogP contribution >= 0.6 is 15.9 Å². The number of nitrogens with two attached hydrogens (primary N) is 1. The lowest BCUT2D eigenvalue weighted by Gasteiger charge is -2.13. The largest absolute Gasteiger partial charge is 0.464 e. The van der Waals surface area contributed by atoms with Gasteiger partial charge < -0.3 is 10.2 Å². The second-order valence-corrected chi connectivity index (χ2v) is 4.91. The predicted molar refractivity (Wildman–Crippen MR) is 73.0 cm³/mol.